The molecule has 0 bridgehead atoms. The van der Waals surface area contributed by atoms with Crippen LogP contribution in [0.1, 0.15) is 26.3 Å². The summed E-state index contributed by atoms with van der Waals surface area (Å²) in [7, 11) is 0. The predicted octanol–water partition coefficient (Wildman–Crippen LogP) is 2.12. The predicted molar refractivity (Wildman–Crippen MR) is 86.9 cm³/mol. The summed E-state index contributed by atoms with van der Waals surface area (Å²) in [6.07, 6.45) is 1.45. The molecule has 0 spiro atoms. The number of anilines is 1. The number of hydrogen-bond acceptors (Lipinski definition) is 4. The van der Waals surface area contributed by atoms with E-state index in [1.54, 1.807) is 30.3 Å². The van der Waals surface area contributed by atoms with E-state index in [0.29, 0.717) is 5.56 Å². The van der Waals surface area contributed by atoms with Crippen molar-refractivity contribution in [1.82, 2.24) is 5.32 Å². The van der Waals surface area contributed by atoms with Gasteiger partial charge in [0.2, 0.25) is 0 Å². The van der Waals surface area contributed by atoms with Gasteiger partial charge in [-0.05, 0) is 23.8 Å². The van der Waals surface area contributed by atoms with Crippen LogP contribution in [-0.4, -0.2) is 17.7 Å². The summed E-state index contributed by atoms with van der Waals surface area (Å²) in [5, 5.41) is 13.9. The number of rotatable bonds is 3. The molecule has 0 saturated carbocycles. The fraction of sp³-hybridized carbons (Fsp3) is 0. The van der Waals surface area contributed by atoms with Crippen molar-refractivity contribution in [2.24, 2.45) is 0 Å². The Balaban J connectivity index is 1.91. The molecule has 0 aliphatic carbocycles. The van der Waals surface area contributed by atoms with Gasteiger partial charge in [0.1, 0.15) is 11.6 Å². The summed E-state index contributed by atoms with van der Waals surface area (Å²) in [5.74, 6) is -1.73. The number of nitrogens with zero attached hydrogens (tertiary/aromatic N) is 1. The zero-order valence-electron chi connectivity index (χ0n) is 12.4. The SMILES string of the molecule is N#C/C(=C\c1ccccc1)C(=O)Nc1cccc2c1C(=O)NC2=O. The molecule has 2 N–H and O–H groups in total. The van der Waals surface area contributed by atoms with Crippen LogP contribution in [0.5, 0.6) is 0 Å². The molecule has 0 fully saturated rings. The van der Waals surface area contributed by atoms with Gasteiger partial charge in [0.25, 0.3) is 17.7 Å². The lowest BCUT2D eigenvalue weighted by Crippen LogP contribution is -2.21. The second kappa shape index (κ2) is 6.18. The van der Waals surface area contributed by atoms with Gasteiger partial charge < -0.3 is 5.32 Å². The molecule has 3 amide bonds. The molecule has 2 aromatic rings. The number of nitrogens with one attached hydrogen (secondary N) is 2. The van der Waals surface area contributed by atoms with Crippen LogP contribution in [0.15, 0.2) is 54.1 Å². The molecule has 0 radical (unpaired) electrons. The van der Waals surface area contributed by atoms with Gasteiger partial charge in [-0.25, -0.2) is 0 Å². The van der Waals surface area contributed by atoms with Crippen molar-refractivity contribution in [2.45, 2.75) is 0 Å². The Hall–Kier alpha value is -3.72. The molecule has 2 aromatic carbocycles. The Kier molecular flexibility index (Phi) is 3.91. The Morgan fingerprint density at radius 3 is 2.50 bits per heavy atom. The number of carbonyl (C=O) groups excluding carboxylic acids is 3. The van der Waals surface area contributed by atoms with Gasteiger partial charge in [-0.15, -0.1) is 0 Å². The van der Waals surface area contributed by atoms with Crippen LogP contribution in [0.25, 0.3) is 6.08 Å². The highest BCUT2D eigenvalue weighted by Gasteiger charge is 2.30. The third kappa shape index (κ3) is 2.78. The Morgan fingerprint density at radius 2 is 1.79 bits per heavy atom. The molecular weight excluding hydrogens is 306 g/mol. The van der Waals surface area contributed by atoms with Crippen molar-refractivity contribution in [3.05, 3.63) is 70.8 Å². The maximum Gasteiger partial charge on any atom is 0.266 e. The summed E-state index contributed by atoms with van der Waals surface area (Å²) in [6.45, 7) is 0. The Labute approximate surface area is 137 Å². The minimum Gasteiger partial charge on any atom is -0.321 e. The molecule has 6 nitrogen and oxygen atoms in total. The zero-order chi connectivity index (χ0) is 17.1. The van der Waals surface area contributed by atoms with Crippen LogP contribution in [0.3, 0.4) is 0 Å². The third-order valence-electron chi connectivity index (χ3n) is 3.49. The number of carbonyl (C=O) groups is 3. The smallest absolute Gasteiger partial charge is 0.266 e. The summed E-state index contributed by atoms with van der Waals surface area (Å²) >= 11 is 0. The van der Waals surface area contributed by atoms with Crippen molar-refractivity contribution >= 4 is 29.5 Å². The fourth-order valence-electron chi connectivity index (χ4n) is 2.38. The summed E-state index contributed by atoms with van der Waals surface area (Å²) in [6, 6.07) is 15.3. The average molecular weight is 317 g/mol. The lowest BCUT2D eigenvalue weighted by Gasteiger charge is -2.07. The van der Waals surface area contributed by atoms with E-state index >= 15 is 0 Å². The van der Waals surface area contributed by atoms with Gasteiger partial charge in [0.05, 0.1) is 16.8 Å². The highest BCUT2D eigenvalue weighted by Crippen LogP contribution is 2.24. The number of imide groups is 1. The summed E-state index contributed by atoms with van der Waals surface area (Å²) in [4.78, 5) is 35.8. The van der Waals surface area contributed by atoms with E-state index in [-0.39, 0.29) is 22.4 Å². The number of amides is 3. The minimum absolute atomic E-state index is 0.104. The molecule has 0 atom stereocenters. The highest BCUT2D eigenvalue weighted by atomic mass is 16.2. The van der Waals surface area contributed by atoms with Crippen molar-refractivity contribution in [3.63, 3.8) is 0 Å². The van der Waals surface area contributed by atoms with Crippen molar-refractivity contribution in [1.29, 1.82) is 5.26 Å². The van der Waals surface area contributed by atoms with E-state index in [4.69, 9.17) is 0 Å². The fourth-order valence-corrected chi connectivity index (χ4v) is 2.38. The first-order valence-electron chi connectivity index (χ1n) is 7.07. The average Bonchev–Trinajstić information content (AvgIpc) is 2.89. The van der Waals surface area contributed by atoms with Crippen LogP contribution in [0.2, 0.25) is 0 Å². The highest BCUT2D eigenvalue weighted by molar-refractivity contribution is 6.25. The molecule has 1 aliphatic rings. The van der Waals surface area contributed by atoms with Gasteiger partial charge in [-0.3, -0.25) is 19.7 Å². The maximum absolute atomic E-state index is 12.3. The van der Waals surface area contributed by atoms with E-state index < -0.39 is 17.7 Å². The van der Waals surface area contributed by atoms with E-state index in [1.807, 2.05) is 12.1 Å². The standard InChI is InChI=1S/C18H11N3O3/c19-10-12(9-11-5-2-1-3-6-11)16(22)20-14-8-4-7-13-15(14)18(24)21-17(13)23/h1-9H,(H,20,22)(H,21,23,24)/b12-9+. The number of nitriles is 1. The molecule has 1 aliphatic heterocycles. The molecule has 0 saturated heterocycles. The van der Waals surface area contributed by atoms with Crippen molar-refractivity contribution in [3.8, 4) is 6.07 Å². The Bertz CT molecular complexity index is 924. The molecule has 0 aromatic heterocycles. The van der Waals surface area contributed by atoms with E-state index in [1.165, 1.54) is 18.2 Å². The molecule has 0 unspecified atom stereocenters. The van der Waals surface area contributed by atoms with Gasteiger partial charge in [0.15, 0.2) is 0 Å². The van der Waals surface area contributed by atoms with Gasteiger partial charge in [-0.2, -0.15) is 5.26 Å². The monoisotopic (exact) mass is 317 g/mol. The first-order valence-corrected chi connectivity index (χ1v) is 7.07. The van der Waals surface area contributed by atoms with Gasteiger partial charge >= 0.3 is 0 Å². The van der Waals surface area contributed by atoms with Crippen molar-refractivity contribution in [2.75, 3.05) is 5.32 Å². The lowest BCUT2D eigenvalue weighted by atomic mass is 10.1. The second-order valence-electron chi connectivity index (χ2n) is 5.05. The minimum atomic E-state index is -0.651. The zero-order valence-corrected chi connectivity index (χ0v) is 12.4. The molecular formula is C18H11N3O3. The summed E-state index contributed by atoms with van der Waals surface area (Å²) in [5.41, 5.74) is 1.09. The van der Waals surface area contributed by atoms with Crippen LogP contribution in [-0.2, 0) is 4.79 Å². The molecule has 24 heavy (non-hydrogen) atoms. The number of hydrogen-bond donors (Lipinski definition) is 2. The first-order chi connectivity index (χ1) is 11.6. The molecule has 3 rings (SSSR count). The molecule has 116 valence electrons. The second-order valence-corrected chi connectivity index (χ2v) is 5.05. The largest absolute Gasteiger partial charge is 0.321 e. The normalized spacial score (nSPS) is 13.0. The van der Waals surface area contributed by atoms with Crippen LogP contribution >= 0.6 is 0 Å². The van der Waals surface area contributed by atoms with Crippen LogP contribution < -0.4 is 10.6 Å². The first kappa shape index (κ1) is 15.2. The summed E-state index contributed by atoms with van der Waals surface area (Å²) < 4.78 is 0. The van der Waals surface area contributed by atoms with Crippen LogP contribution in [0.4, 0.5) is 5.69 Å². The van der Waals surface area contributed by atoms with Crippen molar-refractivity contribution < 1.29 is 14.4 Å². The number of benzene rings is 2. The van der Waals surface area contributed by atoms with E-state index in [0.717, 1.165) is 0 Å². The van der Waals surface area contributed by atoms with E-state index in [9.17, 15) is 19.6 Å². The number of fused-ring (bicyclic) bond motifs is 1. The molecule has 1 heterocycles. The molecule has 6 heteroatoms. The topological polar surface area (TPSA) is 99.1 Å². The van der Waals surface area contributed by atoms with Gasteiger partial charge in [-0.1, -0.05) is 36.4 Å². The quantitative estimate of drug-likeness (QED) is 0.514. The maximum atomic E-state index is 12.3. The van der Waals surface area contributed by atoms with E-state index in [2.05, 4.69) is 10.6 Å². The van der Waals surface area contributed by atoms with Gasteiger partial charge in [0, 0.05) is 0 Å². The van der Waals surface area contributed by atoms with Crippen LogP contribution in [0, 0.1) is 11.3 Å². The Morgan fingerprint density at radius 1 is 1.04 bits per heavy atom. The third-order valence-corrected chi connectivity index (χ3v) is 3.49. The lowest BCUT2D eigenvalue weighted by molar-refractivity contribution is -0.112.